The minimum atomic E-state index is -0.815. The summed E-state index contributed by atoms with van der Waals surface area (Å²) in [5, 5.41) is 12.3. The first-order chi connectivity index (χ1) is 11.7. The van der Waals surface area contributed by atoms with Crippen LogP contribution < -0.4 is 10.2 Å². The summed E-state index contributed by atoms with van der Waals surface area (Å²) in [6.07, 6.45) is 0.0416. The molecule has 1 saturated heterocycles. The molecule has 0 aliphatic carbocycles. The molecule has 0 amide bonds. The van der Waals surface area contributed by atoms with Crippen LogP contribution in [0.15, 0.2) is 48.5 Å². The number of carbonyl (C=O) groups is 1. The summed E-state index contributed by atoms with van der Waals surface area (Å²) < 4.78 is 5.43. The van der Waals surface area contributed by atoms with Gasteiger partial charge in [-0.2, -0.15) is 0 Å². The number of rotatable bonds is 6. The Hall–Kier alpha value is -2.53. The molecule has 0 radical (unpaired) electrons. The van der Waals surface area contributed by atoms with Crippen molar-refractivity contribution in [3.8, 4) is 0 Å². The summed E-state index contributed by atoms with van der Waals surface area (Å²) in [5.41, 5.74) is 4.19. The van der Waals surface area contributed by atoms with Crippen molar-refractivity contribution in [3.63, 3.8) is 0 Å². The van der Waals surface area contributed by atoms with Gasteiger partial charge in [0.1, 0.15) is 0 Å². The van der Waals surface area contributed by atoms with Crippen LogP contribution in [0.5, 0.6) is 0 Å². The summed E-state index contributed by atoms with van der Waals surface area (Å²) >= 11 is 0. The molecule has 1 aliphatic heterocycles. The van der Waals surface area contributed by atoms with Crippen LogP contribution in [0.25, 0.3) is 0 Å². The maximum Gasteiger partial charge on any atom is 0.307 e. The van der Waals surface area contributed by atoms with Gasteiger partial charge in [-0.15, -0.1) is 0 Å². The molecule has 2 aromatic carbocycles. The second kappa shape index (κ2) is 7.84. The van der Waals surface area contributed by atoms with Crippen LogP contribution >= 0.6 is 0 Å². The summed E-state index contributed by atoms with van der Waals surface area (Å²) in [4.78, 5) is 13.2. The van der Waals surface area contributed by atoms with E-state index in [1.54, 1.807) is 0 Å². The van der Waals surface area contributed by atoms with Crippen molar-refractivity contribution in [2.45, 2.75) is 13.0 Å². The molecule has 0 atom stereocenters. The number of morpholine rings is 1. The lowest BCUT2D eigenvalue weighted by atomic mass is 10.1. The Kier molecular flexibility index (Phi) is 5.33. The van der Waals surface area contributed by atoms with Gasteiger partial charge in [-0.3, -0.25) is 4.79 Å². The average molecular weight is 326 g/mol. The molecule has 126 valence electrons. The lowest BCUT2D eigenvalue weighted by Gasteiger charge is -2.30. The largest absolute Gasteiger partial charge is 0.481 e. The number of nitrogens with one attached hydrogen (secondary N) is 1. The summed E-state index contributed by atoms with van der Waals surface area (Å²) in [6.45, 7) is 4.04. The predicted octanol–water partition coefficient (Wildman–Crippen LogP) is 2.76. The highest BCUT2D eigenvalue weighted by molar-refractivity contribution is 5.70. The van der Waals surface area contributed by atoms with Crippen molar-refractivity contribution < 1.29 is 14.6 Å². The van der Waals surface area contributed by atoms with E-state index >= 15 is 0 Å². The van der Waals surface area contributed by atoms with E-state index in [4.69, 9.17) is 9.84 Å². The molecule has 0 spiro atoms. The number of nitrogens with zero attached hydrogens (tertiary/aromatic N) is 1. The quantitative estimate of drug-likeness (QED) is 0.855. The van der Waals surface area contributed by atoms with Gasteiger partial charge in [0.25, 0.3) is 0 Å². The molecule has 5 nitrogen and oxygen atoms in total. The number of hydrogen-bond donors (Lipinski definition) is 2. The van der Waals surface area contributed by atoms with Gasteiger partial charge in [0, 0.05) is 31.0 Å². The fourth-order valence-electron chi connectivity index (χ4n) is 2.94. The zero-order valence-electron chi connectivity index (χ0n) is 13.6. The molecule has 1 aliphatic rings. The molecule has 2 N–H and O–H groups in total. The van der Waals surface area contributed by atoms with E-state index in [9.17, 15) is 4.79 Å². The molecule has 3 rings (SSSR count). The van der Waals surface area contributed by atoms with Crippen LogP contribution in [0.1, 0.15) is 11.1 Å². The first kappa shape index (κ1) is 16.3. The van der Waals surface area contributed by atoms with Crippen LogP contribution in [0, 0.1) is 0 Å². The van der Waals surface area contributed by atoms with E-state index in [1.165, 1.54) is 11.3 Å². The molecular weight excluding hydrogens is 304 g/mol. The monoisotopic (exact) mass is 326 g/mol. The number of benzene rings is 2. The smallest absolute Gasteiger partial charge is 0.307 e. The number of carboxylic acids is 1. The first-order valence-electron chi connectivity index (χ1n) is 8.17. The molecule has 1 heterocycles. The van der Waals surface area contributed by atoms with Crippen LogP contribution in [-0.4, -0.2) is 37.4 Å². The van der Waals surface area contributed by atoms with E-state index in [-0.39, 0.29) is 6.42 Å². The molecule has 0 saturated carbocycles. The molecule has 0 bridgehead atoms. The molecule has 24 heavy (non-hydrogen) atoms. The molecule has 0 unspecified atom stereocenters. The van der Waals surface area contributed by atoms with E-state index in [0.29, 0.717) is 6.54 Å². The van der Waals surface area contributed by atoms with Gasteiger partial charge in [-0.1, -0.05) is 30.3 Å². The molecular formula is C19H22N2O3. The van der Waals surface area contributed by atoms with Gasteiger partial charge in [-0.25, -0.2) is 0 Å². The highest BCUT2D eigenvalue weighted by atomic mass is 16.5. The Bertz CT molecular complexity index is 697. The second-order valence-corrected chi connectivity index (χ2v) is 5.85. The van der Waals surface area contributed by atoms with E-state index < -0.39 is 5.97 Å². The minimum absolute atomic E-state index is 0.0416. The topological polar surface area (TPSA) is 61.8 Å². The van der Waals surface area contributed by atoms with Crippen molar-refractivity contribution in [1.29, 1.82) is 0 Å². The minimum Gasteiger partial charge on any atom is -0.481 e. The predicted molar refractivity (Wildman–Crippen MR) is 94.6 cm³/mol. The standard InChI is InChI=1S/C19H22N2O3/c22-19(23)13-15-4-3-6-17(12-15)20-14-16-5-1-2-7-18(16)21-8-10-24-11-9-21/h1-7,12,20H,8-11,13-14H2,(H,22,23). The zero-order valence-corrected chi connectivity index (χ0v) is 13.6. The Morgan fingerprint density at radius 1 is 1.12 bits per heavy atom. The summed E-state index contributed by atoms with van der Waals surface area (Å²) in [7, 11) is 0. The zero-order chi connectivity index (χ0) is 16.8. The highest BCUT2D eigenvalue weighted by Crippen LogP contribution is 2.23. The van der Waals surface area contributed by atoms with Gasteiger partial charge in [0.05, 0.1) is 19.6 Å². The number of anilines is 2. The number of para-hydroxylation sites is 1. The third-order valence-electron chi connectivity index (χ3n) is 4.11. The maximum absolute atomic E-state index is 10.8. The van der Waals surface area contributed by atoms with Gasteiger partial charge in [-0.05, 0) is 29.3 Å². The van der Waals surface area contributed by atoms with Gasteiger partial charge >= 0.3 is 5.97 Å². The molecule has 2 aromatic rings. The Labute approximate surface area is 141 Å². The third-order valence-corrected chi connectivity index (χ3v) is 4.11. The van der Waals surface area contributed by atoms with Gasteiger partial charge in [0.15, 0.2) is 0 Å². The maximum atomic E-state index is 10.8. The fourth-order valence-corrected chi connectivity index (χ4v) is 2.94. The van der Waals surface area contributed by atoms with Crippen molar-refractivity contribution >= 4 is 17.3 Å². The van der Waals surface area contributed by atoms with E-state index in [0.717, 1.165) is 37.6 Å². The third kappa shape index (κ3) is 4.26. The van der Waals surface area contributed by atoms with E-state index in [1.807, 2.05) is 30.3 Å². The van der Waals surface area contributed by atoms with Gasteiger partial charge < -0.3 is 20.1 Å². The van der Waals surface area contributed by atoms with E-state index in [2.05, 4.69) is 28.4 Å². The highest BCUT2D eigenvalue weighted by Gasteiger charge is 2.14. The Balaban J connectivity index is 1.69. The van der Waals surface area contributed by atoms with Crippen LogP contribution in [-0.2, 0) is 22.5 Å². The molecule has 0 aromatic heterocycles. The van der Waals surface area contributed by atoms with Crippen molar-refractivity contribution in [3.05, 3.63) is 59.7 Å². The normalized spacial score (nSPS) is 14.4. The average Bonchev–Trinajstić information content (AvgIpc) is 2.61. The number of aliphatic carboxylic acids is 1. The van der Waals surface area contributed by atoms with Crippen LogP contribution in [0.3, 0.4) is 0 Å². The number of hydrogen-bond acceptors (Lipinski definition) is 4. The molecule has 1 fully saturated rings. The summed E-state index contributed by atoms with van der Waals surface area (Å²) in [6, 6.07) is 15.9. The fraction of sp³-hybridized carbons (Fsp3) is 0.316. The van der Waals surface area contributed by atoms with Crippen molar-refractivity contribution in [2.24, 2.45) is 0 Å². The number of carboxylic acid groups (broad SMARTS) is 1. The summed E-state index contributed by atoms with van der Waals surface area (Å²) in [5.74, 6) is -0.815. The number of ether oxygens (including phenoxy) is 1. The van der Waals surface area contributed by atoms with Crippen LogP contribution in [0.2, 0.25) is 0 Å². The SMILES string of the molecule is O=C(O)Cc1cccc(NCc2ccccc2N2CCOCC2)c1. The Morgan fingerprint density at radius 2 is 1.92 bits per heavy atom. The Morgan fingerprint density at radius 3 is 2.71 bits per heavy atom. The van der Waals surface area contributed by atoms with Crippen molar-refractivity contribution in [2.75, 3.05) is 36.5 Å². The lowest BCUT2D eigenvalue weighted by Crippen LogP contribution is -2.36. The van der Waals surface area contributed by atoms with Crippen LogP contribution in [0.4, 0.5) is 11.4 Å². The van der Waals surface area contributed by atoms with Crippen molar-refractivity contribution in [1.82, 2.24) is 0 Å². The lowest BCUT2D eigenvalue weighted by molar-refractivity contribution is -0.136. The molecule has 5 heteroatoms. The first-order valence-corrected chi connectivity index (χ1v) is 8.17. The van der Waals surface area contributed by atoms with Gasteiger partial charge in [0.2, 0.25) is 0 Å². The second-order valence-electron chi connectivity index (χ2n) is 5.85.